The van der Waals surface area contributed by atoms with E-state index in [2.05, 4.69) is 0 Å². The van der Waals surface area contributed by atoms with Gasteiger partial charge in [0.1, 0.15) is 0 Å². The van der Waals surface area contributed by atoms with Crippen molar-refractivity contribution in [2.24, 2.45) is 0 Å². The molecule has 0 aliphatic carbocycles. The lowest BCUT2D eigenvalue weighted by Crippen LogP contribution is -1.96. The summed E-state index contributed by atoms with van der Waals surface area (Å²) in [5.74, 6) is 1.13. The van der Waals surface area contributed by atoms with Crippen molar-refractivity contribution in [3.8, 4) is 0 Å². The van der Waals surface area contributed by atoms with Gasteiger partial charge < -0.3 is 0 Å². The topological polar surface area (TPSA) is 17.1 Å². The maximum Gasteiger partial charge on any atom is 0.161 e. The van der Waals surface area contributed by atoms with E-state index in [4.69, 9.17) is 11.6 Å². The molecule has 1 aliphatic rings. The first-order valence-electron chi connectivity index (χ1n) is 4.15. The Bertz CT molecular complexity index is 373. The third kappa shape index (κ3) is 1.49. The number of carbonyl (C=O) groups excluding carboxylic acids is 1. The van der Waals surface area contributed by atoms with Gasteiger partial charge in [-0.2, -0.15) is 0 Å². The van der Waals surface area contributed by atoms with Gasteiger partial charge in [-0.1, -0.05) is 11.6 Å². The maximum atomic E-state index is 11.2. The molecule has 0 unspecified atom stereocenters. The van der Waals surface area contributed by atoms with Crippen molar-refractivity contribution in [3.05, 3.63) is 28.3 Å². The fourth-order valence-electron chi connectivity index (χ4n) is 1.51. The van der Waals surface area contributed by atoms with Crippen molar-refractivity contribution >= 4 is 29.1 Å². The van der Waals surface area contributed by atoms with E-state index >= 15 is 0 Å². The van der Waals surface area contributed by atoms with E-state index in [-0.39, 0.29) is 5.78 Å². The Balaban J connectivity index is 2.59. The number of carbonyl (C=O) groups is 1. The molecule has 13 heavy (non-hydrogen) atoms. The first kappa shape index (κ1) is 9.10. The molecule has 0 saturated heterocycles. The Kier molecular flexibility index (Phi) is 2.35. The Labute approximate surface area is 86.5 Å². The molecule has 1 heterocycles. The Morgan fingerprint density at radius 1 is 1.54 bits per heavy atom. The van der Waals surface area contributed by atoms with Crippen LogP contribution in [0.2, 0.25) is 5.02 Å². The molecule has 0 radical (unpaired) electrons. The van der Waals surface area contributed by atoms with Gasteiger partial charge in [0.15, 0.2) is 5.78 Å². The van der Waals surface area contributed by atoms with Crippen LogP contribution in [-0.2, 0) is 6.42 Å². The van der Waals surface area contributed by atoms with E-state index in [1.165, 1.54) is 4.90 Å². The molecule has 0 spiro atoms. The van der Waals surface area contributed by atoms with E-state index in [0.717, 1.165) is 17.7 Å². The van der Waals surface area contributed by atoms with Gasteiger partial charge in [-0.25, -0.2) is 0 Å². The van der Waals surface area contributed by atoms with Crippen LogP contribution in [-0.4, -0.2) is 11.5 Å². The molecular formula is C10H9ClOS. The molecule has 0 aromatic heterocycles. The van der Waals surface area contributed by atoms with Gasteiger partial charge in [0, 0.05) is 16.2 Å². The highest BCUT2D eigenvalue weighted by atomic mass is 35.5. The summed E-state index contributed by atoms with van der Waals surface area (Å²) in [6, 6.07) is 3.82. The Morgan fingerprint density at radius 2 is 2.31 bits per heavy atom. The number of thioether (sulfide) groups is 1. The minimum absolute atomic E-state index is 0.0460. The second-order valence-corrected chi connectivity index (χ2v) is 4.57. The van der Waals surface area contributed by atoms with Crippen LogP contribution in [0.3, 0.4) is 0 Å². The average Bonchev–Trinajstić information content (AvgIpc) is 2.52. The lowest BCUT2D eigenvalue weighted by atomic mass is 10.1. The SMILES string of the molecule is CC(=O)c1ccc2c(c1Cl)CCS2. The van der Waals surface area contributed by atoms with Gasteiger partial charge in [0.2, 0.25) is 0 Å². The second kappa shape index (κ2) is 3.35. The van der Waals surface area contributed by atoms with Crippen LogP contribution in [0.5, 0.6) is 0 Å². The van der Waals surface area contributed by atoms with Crippen molar-refractivity contribution in [3.63, 3.8) is 0 Å². The first-order valence-corrected chi connectivity index (χ1v) is 5.51. The third-order valence-corrected chi connectivity index (χ3v) is 3.72. The average molecular weight is 213 g/mol. The molecule has 2 rings (SSSR count). The number of ketones is 1. The predicted molar refractivity (Wildman–Crippen MR) is 55.9 cm³/mol. The number of hydrogen-bond donors (Lipinski definition) is 0. The summed E-state index contributed by atoms with van der Waals surface area (Å²) in [7, 11) is 0. The monoisotopic (exact) mass is 212 g/mol. The van der Waals surface area contributed by atoms with Gasteiger partial charge in [0.05, 0.1) is 5.02 Å². The van der Waals surface area contributed by atoms with E-state index in [1.807, 2.05) is 12.1 Å². The number of fused-ring (bicyclic) bond motifs is 1. The molecule has 3 heteroatoms. The van der Waals surface area contributed by atoms with Gasteiger partial charge in [-0.15, -0.1) is 11.8 Å². The molecule has 0 N–H and O–H groups in total. The molecule has 0 fully saturated rings. The van der Waals surface area contributed by atoms with Gasteiger partial charge in [-0.3, -0.25) is 4.79 Å². The number of hydrogen-bond acceptors (Lipinski definition) is 2. The third-order valence-electron chi connectivity index (χ3n) is 2.19. The van der Waals surface area contributed by atoms with Crippen LogP contribution >= 0.6 is 23.4 Å². The van der Waals surface area contributed by atoms with Crippen LogP contribution < -0.4 is 0 Å². The molecule has 1 aromatic carbocycles. The zero-order valence-corrected chi connectivity index (χ0v) is 8.84. The van der Waals surface area contributed by atoms with Crippen LogP contribution in [0, 0.1) is 0 Å². The quantitative estimate of drug-likeness (QED) is 0.666. The van der Waals surface area contributed by atoms with E-state index in [0.29, 0.717) is 10.6 Å². The maximum absolute atomic E-state index is 11.2. The highest BCUT2D eigenvalue weighted by molar-refractivity contribution is 7.99. The predicted octanol–water partition coefficient (Wildman–Crippen LogP) is 3.19. The fraction of sp³-hybridized carbons (Fsp3) is 0.300. The van der Waals surface area contributed by atoms with Crippen molar-refractivity contribution < 1.29 is 4.79 Å². The van der Waals surface area contributed by atoms with E-state index in [9.17, 15) is 4.79 Å². The smallest absolute Gasteiger partial charge is 0.161 e. The van der Waals surface area contributed by atoms with Gasteiger partial charge in [-0.05, 0) is 31.0 Å². The normalized spacial score (nSPS) is 14.3. The molecule has 0 bridgehead atoms. The number of Topliss-reactive ketones (excluding diaryl/α,β-unsaturated/α-hetero) is 1. The molecular weight excluding hydrogens is 204 g/mol. The Morgan fingerprint density at radius 3 is 3.00 bits per heavy atom. The summed E-state index contributed by atoms with van der Waals surface area (Å²) in [6.45, 7) is 1.55. The number of benzene rings is 1. The summed E-state index contributed by atoms with van der Waals surface area (Å²) in [5, 5.41) is 0.662. The molecule has 0 saturated carbocycles. The largest absolute Gasteiger partial charge is 0.294 e. The van der Waals surface area contributed by atoms with Gasteiger partial charge in [0.25, 0.3) is 0 Å². The van der Waals surface area contributed by atoms with Crippen molar-refractivity contribution in [1.82, 2.24) is 0 Å². The fourth-order valence-corrected chi connectivity index (χ4v) is 3.02. The lowest BCUT2D eigenvalue weighted by Gasteiger charge is -2.04. The molecule has 1 aliphatic heterocycles. The number of halogens is 1. The second-order valence-electron chi connectivity index (χ2n) is 3.06. The minimum Gasteiger partial charge on any atom is -0.294 e. The molecule has 1 aromatic rings. The molecule has 0 atom stereocenters. The highest BCUT2D eigenvalue weighted by Crippen LogP contribution is 2.37. The van der Waals surface area contributed by atoms with E-state index in [1.54, 1.807) is 18.7 Å². The van der Waals surface area contributed by atoms with Crippen LogP contribution in [0.15, 0.2) is 17.0 Å². The minimum atomic E-state index is 0.0460. The van der Waals surface area contributed by atoms with E-state index < -0.39 is 0 Å². The standard InChI is InChI=1S/C10H9ClOS/c1-6(12)7-2-3-9-8(10(7)11)4-5-13-9/h2-3H,4-5H2,1H3. The molecule has 1 nitrogen and oxygen atoms in total. The van der Waals surface area contributed by atoms with Crippen LogP contribution in [0.25, 0.3) is 0 Å². The Hall–Kier alpha value is -0.470. The molecule has 68 valence electrons. The van der Waals surface area contributed by atoms with Crippen LogP contribution in [0.4, 0.5) is 0 Å². The van der Waals surface area contributed by atoms with Crippen molar-refractivity contribution in [1.29, 1.82) is 0 Å². The van der Waals surface area contributed by atoms with Crippen molar-refractivity contribution in [2.45, 2.75) is 18.2 Å². The molecule has 0 amide bonds. The number of rotatable bonds is 1. The summed E-state index contributed by atoms with van der Waals surface area (Å²) >= 11 is 7.92. The summed E-state index contributed by atoms with van der Waals surface area (Å²) in [5.41, 5.74) is 1.81. The zero-order valence-electron chi connectivity index (χ0n) is 7.26. The first-order chi connectivity index (χ1) is 6.20. The summed E-state index contributed by atoms with van der Waals surface area (Å²) in [4.78, 5) is 12.4. The van der Waals surface area contributed by atoms with Crippen LogP contribution in [0.1, 0.15) is 22.8 Å². The van der Waals surface area contributed by atoms with Gasteiger partial charge >= 0.3 is 0 Å². The summed E-state index contributed by atoms with van der Waals surface area (Å²) < 4.78 is 0. The van der Waals surface area contributed by atoms with Crippen molar-refractivity contribution in [2.75, 3.05) is 5.75 Å². The lowest BCUT2D eigenvalue weighted by molar-refractivity contribution is 0.101. The summed E-state index contributed by atoms with van der Waals surface area (Å²) in [6.07, 6.45) is 0.986. The zero-order chi connectivity index (χ0) is 9.42. The highest BCUT2D eigenvalue weighted by Gasteiger charge is 2.18.